The van der Waals surface area contributed by atoms with Crippen LogP contribution in [0.4, 0.5) is 0 Å². The summed E-state index contributed by atoms with van der Waals surface area (Å²) in [6.07, 6.45) is -1.76. The van der Waals surface area contributed by atoms with E-state index in [2.05, 4.69) is 0 Å². The summed E-state index contributed by atoms with van der Waals surface area (Å²) in [5.74, 6) is -3.23. The molecule has 0 saturated heterocycles. The van der Waals surface area contributed by atoms with E-state index in [0.717, 1.165) is 6.42 Å². The second kappa shape index (κ2) is 8.56. The standard InChI is InChI=1S/C10H19O6PS/c1-2-3-6-17(15,18-16)7-8(10(13)14)4-5-9(11)12/h8,16H,2-7H2,1H3,(H,11,12)(H,13,14). The summed E-state index contributed by atoms with van der Waals surface area (Å²) in [5.41, 5.74) is 0. The smallest absolute Gasteiger partial charge is 0.307 e. The molecule has 0 aromatic rings. The van der Waals surface area contributed by atoms with Crippen LogP contribution in [-0.2, 0) is 14.2 Å². The van der Waals surface area contributed by atoms with Crippen LogP contribution in [0.5, 0.6) is 0 Å². The summed E-state index contributed by atoms with van der Waals surface area (Å²) in [7, 11) is 0. The molecule has 0 aliphatic heterocycles. The zero-order chi connectivity index (χ0) is 14.2. The monoisotopic (exact) mass is 298 g/mol. The van der Waals surface area contributed by atoms with Gasteiger partial charge < -0.3 is 19.3 Å². The topological polar surface area (TPSA) is 112 Å². The van der Waals surface area contributed by atoms with Gasteiger partial charge >= 0.3 is 11.9 Å². The number of aliphatic carboxylic acids is 2. The third kappa shape index (κ3) is 7.03. The van der Waals surface area contributed by atoms with E-state index < -0.39 is 24.2 Å². The first-order chi connectivity index (χ1) is 8.34. The number of carboxylic acid groups (broad SMARTS) is 2. The molecule has 0 radical (unpaired) electrons. The predicted octanol–water partition coefficient (Wildman–Crippen LogP) is 2.84. The minimum Gasteiger partial charge on any atom is -0.481 e. The van der Waals surface area contributed by atoms with Gasteiger partial charge in [-0.3, -0.25) is 9.59 Å². The average molecular weight is 298 g/mol. The maximum atomic E-state index is 12.2. The van der Waals surface area contributed by atoms with Gasteiger partial charge in [0.25, 0.3) is 0 Å². The van der Waals surface area contributed by atoms with Gasteiger partial charge in [0.15, 0.2) is 6.34 Å². The van der Waals surface area contributed by atoms with E-state index in [9.17, 15) is 14.2 Å². The van der Waals surface area contributed by atoms with Gasteiger partial charge in [-0.1, -0.05) is 13.3 Å². The molecule has 18 heavy (non-hydrogen) atoms. The molecule has 0 saturated carbocycles. The van der Waals surface area contributed by atoms with Crippen molar-refractivity contribution < 1.29 is 28.9 Å². The number of rotatable bonds is 10. The van der Waals surface area contributed by atoms with Crippen molar-refractivity contribution in [3.05, 3.63) is 0 Å². The molecule has 0 aliphatic rings. The Morgan fingerprint density at radius 2 is 1.94 bits per heavy atom. The Hall–Kier alpha value is -0.520. The second-order valence-corrected chi connectivity index (χ2v) is 9.21. The van der Waals surface area contributed by atoms with Crippen molar-refractivity contribution in [2.24, 2.45) is 5.92 Å². The van der Waals surface area contributed by atoms with Crippen molar-refractivity contribution in [2.45, 2.75) is 32.6 Å². The second-order valence-electron chi connectivity index (χ2n) is 4.12. The molecule has 0 amide bonds. The highest BCUT2D eigenvalue weighted by Crippen LogP contribution is 2.58. The molecule has 0 heterocycles. The molecule has 0 spiro atoms. The van der Waals surface area contributed by atoms with Crippen LogP contribution < -0.4 is 0 Å². The van der Waals surface area contributed by atoms with Gasteiger partial charge in [0.1, 0.15) is 0 Å². The van der Waals surface area contributed by atoms with Crippen molar-refractivity contribution in [1.29, 1.82) is 0 Å². The highest BCUT2D eigenvalue weighted by Gasteiger charge is 2.31. The van der Waals surface area contributed by atoms with Gasteiger partial charge in [0.2, 0.25) is 0 Å². The van der Waals surface area contributed by atoms with Gasteiger partial charge in [-0.05, 0) is 12.8 Å². The SMILES string of the molecule is CCCCP(=O)(CC(CCC(=O)O)C(=O)O)SO. The molecule has 2 unspecified atom stereocenters. The number of carboxylic acids is 2. The maximum absolute atomic E-state index is 12.2. The summed E-state index contributed by atoms with van der Waals surface area (Å²) >= 11 is 0.237. The third-order valence-electron chi connectivity index (χ3n) is 2.56. The Balaban J connectivity index is 4.57. The van der Waals surface area contributed by atoms with E-state index >= 15 is 0 Å². The largest absolute Gasteiger partial charge is 0.481 e. The van der Waals surface area contributed by atoms with Gasteiger partial charge in [0, 0.05) is 18.7 Å². The van der Waals surface area contributed by atoms with Crippen LogP contribution in [0.2, 0.25) is 0 Å². The van der Waals surface area contributed by atoms with Crippen LogP contribution in [0.1, 0.15) is 32.6 Å². The average Bonchev–Trinajstić information content (AvgIpc) is 2.31. The van der Waals surface area contributed by atoms with Crippen molar-refractivity contribution in [2.75, 3.05) is 12.3 Å². The first-order valence-corrected chi connectivity index (χ1v) is 9.16. The normalized spacial score (nSPS) is 15.9. The van der Waals surface area contributed by atoms with Crippen LogP contribution in [0.25, 0.3) is 0 Å². The first kappa shape index (κ1) is 17.5. The number of hydrogen-bond acceptors (Lipinski definition) is 5. The molecule has 8 heteroatoms. The van der Waals surface area contributed by atoms with Gasteiger partial charge in [-0.2, -0.15) is 0 Å². The highest BCUT2D eigenvalue weighted by molar-refractivity contribution is 8.55. The molecule has 0 aliphatic carbocycles. The molecule has 3 N–H and O–H groups in total. The summed E-state index contributed by atoms with van der Waals surface area (Å²) in [6.45, 7) is 1.91. The van der Waals surface area contributed by atoms with E-state index in [1.54, 1.807) is 0 Å². The third-order valence-corrected chi connectivity index (χ3v) is 6.74. The summed E-state index contributed by atoms with van der Waals surface area (Å²) < 4.78 is 21.3. The number of carbonyl (C=O) groups is 2. The lowest BCUT2D eigenvalue weighted by molar-refractivity contribution is -0.142. The fourth-order valence-electron chi connectivity index (χ4n) is 1.49. The molecule has 0 bridgehead atoms. The van der Waals surface area contributed by atoms with Gasteiger partial charge in [-0.15, -0.1) is 0 Å². The molecule has 2 atom stereocenters. The van der Waals surface area contributed by atoms with Crippen LogP contribution in [-0.4, -0.2) is 39.0 Å². The zero-order valence-electron chi connectivity index (χ0n) is 10.2. The fourth-order valence-corrected chi connectivity index (χ4v) is 5.00. The Morgan fingerprint density at radius 1 is 1.33 bits per heavy atom. The zero-order valence-corrected chi connectivity index (χ0v) is 12.0. The predicted molar refractivity (Wildman–Crippen MR) is 70.5 cm³/mol. The molecule has 106 valence electrons. The van der Waals surface area contributed by atoms with E-state index in [-0.39, 0.29) is 36.8 Å². The molecule has 0 aromatic heterocycles. The quantitative estimate of drug-likeness (QED) is 0.420. The first-order valence-electron chi connectivity index (χ1n) is 5.70. The van der Waals surface area contributed by atoms with E-state index in [0.29, 0.717) is 6.42 Å². The van der Waals surface area contributed by atoms with Gasteiger partial charge in [0.05, 0.1) is 17.6 Å². The van der Waals surface area contributed by atoms with Crippen LogP contribution >= 0.6 is 18.0 Å². The van der Waals surface area contributed by atoms with E-state index in [1.165, 1.54) is 0 Å². The van der Waals surface area contributed by atoms with Crippen molar-refractivity contribution in [3.63, 3.8) is 0 Å². The lowest BCUT2D eigenvalue weighted by Crippen LogP contribution is -2.19. The molecule has 0 aromatic carbocycles. The molecule has 0 rings (SSSR count). The van der Waals surface area contributed by atoms with Crippen molar-refractivity contribution >= 4 is 29.9 Å². The van der Waals surface area contributed by atoms with Gasteiger partial charge in [-0.25, -0.2) is 0 Å². The van der Waals surface area contributed by atoms with Crippen LogP contribution in [0, 0.1) is 5.92 Å². The van der Waals surface area contributed by atoms with E-state index in [1.807, 2.05) is 6.92 Å². The Morgan fingerprint density at radius 3 is 2.33 bits per heavy atom. The summed E-state index contributed by atoms with van der Waals surface area (Å²) in [4.78, 5) is 21.4. The van der Waals surface area contributed by atoms with Crippen LogP contribution in [0.15, 0.2) is 0 Å². The lowest BCUT2D eigenvalue weighted by Gasteiger charge is -2.18. The Bertz CT molecular complexity index is 332. The highest BCUT2D eigenvalue weighted by atomic mass is 32.7. The Labute approximate surface area is 110 Å². The minimum absolute atomic E-state index is 0.0681. The molecule has 0 fully saturated rings. The van der Waals surface area contributed by atoms with Crippen molar-refractivity contribution in [1.82, 2.24) is 0 Å². The minimum atomic E-state index is -2.99. The molecular weight excluding hydrogens is 279 g/mol. The van der Waals surface area contributed by atoms with E-state index in [4.69, 9.17) is 14.8 Å². The summed E-state index contributed by atoms with van der Waals surface area (Å²) in [5, 5.41) is 17.5. The number of unbranched alkanes of at least 4 members (excludes halogenated alkanes) is 1. The molecule has 6 nitrogen and oxygen atoms in total. The molecular formula is C10H19O6PS. The Kier molecular flexibility index (Phi) is 8.31. The fraction of sp³-hybridized carbons (Fsp3) is 0.800. The number of hydrogen-bond donors (Lipinski definition) is 3. The lowest BCUT2D eigenvalue weighted by atomic mass is 10.1. The van der Waals surface area contributed by atoms with Crippen molar-refractivity contribution in [3.8, 4) is 0 Å². The maximum Gasteiger partial charge on any atom is 0.307 e. The summed E-state index contributed by atoms with van der Waals surface area (Å²) in [6, 6.07) is 0. The van der Waals surface area contributed by atoms with Crippen LogP contribution in [0.3, 0.4) is 0 Å².